The number of rotatable bonds is 4. The minimum atomic E-state index is 0.574. The van der Waals surface area contributed by atoms with Gasteiger partial charge >= 0.3 is 0 Å². The number of benzene rings is 2. The second-order valence-electron chi connectivity index (χ2n) is 6.92. The highest BCUT2D eigenvalue weighted by Crippen LogP contribution is 2.38. The lowest BCUT2D eigenvalue weighted by atomic mass is 9.99. The SMILES string of the molecule is Cc1c(OCc2cc3c(s2)NCNC3)cccc1-c1ccc2c(c1)OCCO2. The fourth-order valence-electron chi connectivity index (χ4n) is 3.62. The quantitative estimate of drug-likeness (QED) is 0.680. The summed E-state index contributed by atoms with van der Waals surface area (Å²) in [5.41, 5.74) is 4.69. The number of fused-ring (bicyclic) bond motifs is 2. The van der Waals surface area contributed by atoms with Crippen molar-refractivity contribution in [3.8, 4) is 28.4 Å². The summed E-state index contributed by atoms with van der Waals surface area (Å²) in [6.45, 7) is 5.61. The monoisotopic (exact) mass is 394 g/mol. The van der Waals surface area contributed by atoms with E-state index in [1.165, 1.54) is 15.4 Å². The first-order chi connectivity index (χ1) is 13.8. The molecule has 3 aromatic rings. The van der Waals surface area contributed by atoms with Gasteiger partial charge in [0.1, 0.15) is 25.6 Å². The highest BCUT2D eigenvalue weighted by molar-refractivity contribution is 7.16. The molecule has 0 amide bonds. The average Bonchev–Trinajstić information content (AvgIpc) is 3.16. The first-order valence-electron chi connectivity index (χ1n) is 9.46. The van der Waals surface area contributed by atoms with Crippen molar-refractivity contribution in [1.29, 1.82) is 0 Å². The topological polar surface area (TPSA) is 51.8 Å². The lowest BCUT2D eigenvalue weighted by Gasteiger charge is -2.19. The summed E-state index contributed by atoms with van der Waals surface area (Å²) in [4.78, 5) is 1.23. The number of anilines is 1. The molecule has 0 fully saturated rings. The van der Waals surface area contributed by atoms with Crippen molar-refractivity contribution in [3.63, 3.8) is 0 Å². The molecule has 6 heteroatoms. The van der Waals surface area contributed by atoms with Gasteiger partial charge in [-0.05, 0) is 47.9 Å². The van der Waals surface area contributed by atoms with E-state index in [4.69, 9.17) is 14.2 Å². The summed E-state index contributed by atoms with van der Waals surface area (Å²) >= 11 is 1.77. The zero-order valence-electron chi connectivity index (χ0n) is 15.7. The third-order valence-corrected chi connectivity index (χ3v) is 6.17. The number of hydrogen-bond donors (Lipinski definition) is 2. The summed E-state index contributed by atoms with van der Waals surface area (Å²) in [5.74, 6) is 2.52. The van der Waals surface area contributed by atoms with E-state index in [1.54, 1.807) is 11.3 Å². The lowest BCUT2D eigenvalue weighted by molar-refractivity contribution is 0.171. The first kappa shape index (κ1) is 17.4. The highest BCUT2D eigenvalue weighted by atomic mass is 32.1. The maximum Gasteiger partial charge on any atom is 0.161 e. The molecule has 0 saturated heterocycles. The lowest BCUT2D eigenvalue weighted by Crippen LogP contribution is -2.26. The van der Waals surface area contributed by atoms with Crippen LogP contribution < -0.4 is 24.8 Å². The minimum absolute atomic E-state index is 0.574. The first-order valence-corrected chi connectivity index (χ1v) is 10.3. The summed E-state index contributed by atoms with van der Waals surface area (Å²) in [6.07, 6.45) is 0. The largest absolute Gasteiger partial charge is 0.488 e. The van der Waals surface area contributed by atoms with Crippen LogP contribution in [0.3, 0.4) is 0 Å². The van der Waals surface area contributed by atoms with Crippen molar-refractivity contribution in [2.75, 3.05) is 25.2 Å². The van der Waals surface area contributed by atoms with Crippen molar-refractivity contribution in [2.45, 2.75) is 20.1 Å². The van der Waals surface area contributed by atoms with Crippen LogP contribution in [0, 0.1) is 6.92 Å². The number of thiophene rings is 1. The molecule has 0 radical (unpaired) electrons. The fourth-order valence-corrected chi connectivity index (χ4v) is 4.61. The number of hydrogen-bond acceptors (Lipinski definition) is 6. The Hall–Kier alpha value is -2.70. The maximum absolute atomic E-state index is 6.18. The molecule has 2 aliphatic heterocycles. The number of nitrogens with one attached hydrogen (secondary N) is 2. The van der Waals surface area contributed by atoms with Crippen LogP contribution in [0.2, 0.25) is 0 Å². The Kier molecular flexibility index (Phi) is 4.58. The van der Waals surface area contributed by atoms with E-state index in [9.17, 15) is 0 Å². The Morgan fingerprint density at radius 3 is 2.86 bits per heavy atom. The molecule has 1 aromatic heterocycles. The van der Waals surface area contributed by atoms with E-state index in [2.05, 4.69) is 35.8 Å². The molecule has 2 aliphatic rings. The normalized spacial score (nSPS) is 14.9. The molecule has 3 heterocycles. The van der Waals surface area contributed by atoms with Crippen LogP contribution in [-0.2, 0) is 13.2 Å². The van der Waals surface area contributed by atoms with Gasteiger partial charge in [0, 0.05) is 17.0 Å². The van der Waals surface area contributed by atoms with Crippen LogP contribution in [-0.4, -0.2) is 19.9 Å². The summed E-state index contributed by atoms with van der Waals surface area (Å²) in [5, 5.41) is 7.95. The van der Waals surface area contributed by atoms with E-state index in [0.717, 1.165) is 47.2 Å². The van der Waals surface area contributed by atoms with Crippen molar-refractivity contribution >= 4 is 16.3 Å². The van der Waals surface area contributed by atoms with Gasteiger partial charge in [-0.1, -0.05) is 18.2 Å². The third kappa shape index (κ3) is 3.30. The molecule has 5 nitrogen and oxygen atoms in total. The van der Waals surface area contributed by atoms with Crippen LogP contribution in [0.1, 0.15) is 16.0 Å². The van der Waals surface area contributed by atoms with Gasteiger partial charge in [0.25, 0.3) is 0 Å². The van der Waals surface area contributed by atoms with E-state index in [1.807, 2.05) is 24.3 Å². The van der Waals surface area contributed by atoms with Crippen LogP contribution in [0.4, 0.5) is 5.00 Å². The molecule has 0 spiro atoms. The molecule has 0 saturated carbocycles. The van der Waals surface area contributed by atoms with E-state index in [0.29, 0.717) is 19.8 Å². The van der Waals surface area contributed by atoms with Gasteiger partial charge < -0.3 is 19.5 Å². The third-order valence-electron chi connectivity index (χ3n) is 5.06. The predicted molar refractivity (Wildman–Crippen MR) is 112 cm³/mol. The second-order valence-corrected chi connectivity index (χ2v) is 8.06. The van der Waals surface area contributed by atoms with Crippen molar-refractivity contribution < 1.29 is 14.2 Å². The van der Waals surface area contributed by atoms with Gasteiger partial charge in [-0.3, -0.25) is 5.32 Å². The molecule has 28 heavy (non-hydrogen) atoms. The summed E-state index contributed by atoms with van der Waals surface area (Å²) in [7, 11) is 0. The van der Waals surface area contributed by atoms with Gasteiger partial charge in [0.05, 0.1) is 11.7 Å². The molecule has 0 aliphatic carbocycles. The molecule has 0 atom stereocenters. The standard InChI is InChI=1S/C22H22N2O3S/c1-14-18(15-5-6-20-21(10-15)26-8-7-25-20)3-2-4-19(14)27-12-17-9-16-11-23-13-24-22(16)28-17/h2-6,9-10,23-24H,7-8,11-13H2,1H3. The molecule has 2 aromatic carbocycles. The smallest absolute Gasteiger partial charge is 0.161 e. The van der Waals surface area contributed by atoms with E-state index < -0.39 is 0 Å². The molecule has 2 N–H and O–H groups in total. The van der Waals surface area contributed by atoms with Crippen LogP contribution >= 0.6 is 11.3 Å². The van der Waals surface area contributed by atoms with Gasteiger partial charge in [0.2, 0.25) is 0 Å². The van der Waals surface area contributed by atoms with Crippen molar-refractivity contribution in [2.24, 2.45) is 0 Å². The minimum Gasteiger partial charge on any atom is -0.488 e. The zero-order chi connectivity index (χ0) is 18.9. The molecular weight excluding hydrogens is 372 g/mol. The van der Waals surface area contributed by atoms with Crippen LogP contribution in [0.5, 0.6) is 17.2 Å². The number of ether oxygens (including phenoxy) is 3. The Morgan fingerprint density at radius 1 is 1.07 bits per heavy atom. The predicted octanol–water partition coefficient (Wildman–Crippen LogP) is 4.55. The Bertz CT molecular complexity index is 992. The van der Waals surface area contributed by atoms with Crippen LogP contribution in [0.25, 0.3) is 11.1 Å². The van der Waals surface area contributed by atoms with Gasteiger partial charge in [-0.25, -0.2) is 0 Å². The molecular formula is C22H22N2O3S. The van der Waals surface area contributed by atoms with Crippen molar-refractivity contribution in [1.82, 2.24) is 5.32 Å². The van der Waals surface area contributed by atoms with E-state index >= 15 is 0 Å². The summed E-state index contributed by atoms with van der Waals surface area (Å²) in [6, 6.07) is 14.5. The maximum atomic E-state index is 6.18. The second kappa shape index (κ2) is 7.37. The van der Waals surface area contributed by atoms with Gasteiger partial charge in [-0.15, -0.1) is 11.3 Å². The zero-order valence-corrected chi connectivity index (χ0v) is 16.5. The Labute approximate surface area is 168 Å². The summed E-state index contributed by atoms with van der Waals surface area (Å²) < 4.78 is 17.5. The molecule has 0 bridgehead atoms. The van der Waals surface area contributed by atoms with E-state index in [-0.39, 0.29) is 0 Å². The Morgan fingerprint density at radius 2 is 1.96 bits per heavy atom. The van der Waals surface area contributed by atoms with Crippen molar-refractivity contribution in [3.05, 3.63) is 58.5 Å². The molecule has 0 unspecified atom stereocenters. The highest BCUT2D eigenvalue weighted by Gasteiger charge is 2.16. The van der Waals surface area contributed by atoms with Gasteiger partial charge in [-0.2, -0.15) is 0 Å². The molecule has 5 rings (SSSR count). The Balaban J connectivity index is 1.37. The van der Waals surface area contributed by atoms with Gasteiger partial charge in [0.15, 0.2) is 11.5 Å². The molecule has 144 valence electrons. The fraction of sp³-hybridized carbons (Fsp3) is 0.273. The van der Waals surface area contributed by atoms with Crippen LogP contribution in [0.15, 0.2) is 42.5 Å². The average molecular weight is 394 g/mol.